The molecule has 3 nitrogen and oxygen atoms in total. The Morgan fingerprint density at radius 1 is 1.43 bits per heavy atom. The van der Waals surface area contributed by atoms with E-state index in [2.05, 4.69) is 0 Å². The first-order valence-corrected chi connectivity index (χ1v) is 4.55. The van der Waals surface area contributed by atoms with Gasteiger partial charge in [-0.3, -0.25) is 0 Å². The predicted octanol–water partition coefficient (Wildman–Crippen LogP) is 2.06. The number of benzene rings is 1. The molecular weight excluding hydrogens is 180 g/mol. The fourth-order valence-electron chi connectivity index (χ4n) is 1.49. The molecule has 2 aromatic rings. The van der Waals surface area contributed by atoms with Crippen LogP contribution in [0.4, 0.5) is 0 Å². The van der Waals surface area contributed by atoms with Crippen LogP contribution in [0.25, 0.3) is 11.0 Å². The third kappa shape index (κ3) is 1.59. The molecule has 1 heterocycles. The minimum atomic E-state index is -0.433. The smallest absolute Gasteiger partial charge is 0.137 e. The van der Waals surface area contributed by atoms with E-state index in [9.17, 15) is 10.2 Å². The van der Waals surface area contributed by atoms with Crippen LogP contribution in [0, 0.1) is 0 Å². The standard InChI is InChI=1S/C11H12O3/c1-7(12)5-8-6-9-10(13)3-2-4-11(9)14-8/h2-4,6-7,12-13H,5H2,1H3. The van der Waals surface area contributed by atoms with Crippen molar-refractivity contribution in [3.63, 3.8) is 0 Å². The van der Waals surface area contributed by atoms with Crippen LogP contribution in [0.3, 0.4) is 0 Å². The lowest BCUT2D eigenvalue weighted by Gasteiger charge is -1.97. The average molecular weight is 192 g/mol. The largest absolute Gasteiger partial charge is 0.507 e. The van der Waals surface area contributed by atoms with Gasteiger partial charge in [-0.15, -0.1) is 0 Å². The van der Waals surface area contributed by atoms with Crippen molar-refractivity contribution < 1.29 is 14.6 Å². The first kappa shape index (κ1) is 9.09. The van der Waals surface area contributed by atoms with Gasteiger partial charge in [0, 0.05) is 6.42 Å². The lowest BCUT2D eigenvalue weighted by molar-refractivity contribution is 0.188. The molecule has 0 fully saturated rings. The molecule has 3 heteroatoms. The van der Waals surface area contributed by atoms with Crippen LogP contribution >= 0.6 is 0 Å². The monoisotopic (exact) mass is 192 g/mol. The second kappa shape index (κ2) is 3.35. The fourth-order valence-corrected chi connectivity index (χ4v) is 1.49. The number of fused-ring (bicyclic) bond motifs is 1. The van der Waals surface area contributed by atoms with Crippen LogP contribution < -0.4 is 0 Å². The summed E-state index contributed by atoms with van der Waals surface area (Å²) >= 11 is 0. The van der Waals surface area contributed by atoms with E-state index < -0.39 is 6.10 Å². The van der Waals surface area contributed by atoms with Gasteiger partial charge in [0.25, 0.3) is 0 Å². The van der Waals surface area contributed by atoms with Crippen LogP contribution in [0.5, 0.6) is 5.75 Å². The van der Waals surface area contributed by atoms with Crippen LogP contribution in [0.1, 0.15) is 12.7 Å². The van der Waals surface area contributed by atoms with Crippen molar-refractivity contribution in [2.75, 3.05) is 0 Å². The average Bonchev–Trinajstić information content (AvgIpc) is 2.47. The van der Waals surface area contributed by atoms with Gasteiger partial charge in [0.2, 0.25) is 0 Å². The van der Waals surface area contributed by atoms with E-state index in [1.807, 2.05) is 0 Å². The number of phenols is 1. The molecular formula is C11H12O3. The van der Waals surface area contributed by atoms with Crippen LogP contribution in [-0.2, 0) is 6.42 Å². The zero-order chi connectivity index (χ0) is 10.1. The van der Waals surface area contributed by atoms with E-state index in [-0.39, 0.29) is 5.75 Å². The zero-order valence-electron chi connectivity index (χ0n) is 7.90. The predicted molar refractivity (Wildman–Crippen MR) is 53.3 cm³/mol. The second-order valence-electron chi connectivity index (χ2n) is 3.45. The van der Waals surface area contributed by atoms with Crippen molar-refractivity contribution in [2.45, 2.75) is 19.4 Å². The topological polar surface area (TPSA) is 53.6 Å². The number of furan rings is 1. The Kier molecular flexibility index (Phi) is 2.17. The van der Waals surface area contributed by atoms with E-state index in [0.717, 1.165) is 0 Å². The summed E-state index contributed by atoms with van der Waals surface area (Å²) in [4.78, 5) is 0. The number of aromatic hydroxyl groups is 1. The van der Waals surface area contributed by atoms with E-state index in [1.54, 1.807) is 31.2 Å². The van der Waals surface area contributed by atoms with Gasteiger partial charge in [-0.1, -0.05) is 6.07 Å². The van der Waals surface area contributed by atoms with Crippen molar-refractivity contribution in [1.82, 2.24) is 0 Å². The maximum atomic E-state index is 9.50. The molecule has 1 unspecified atom stereocenters. The minimum absolute atomic E-state index is 0.211. The Bertz CT molecular complexity index is 443. The van der Waals surface area contributed by atoms with Crippen molar-refractivity contribution in [3.8, 4) is 5.75 Å². The van der Waals surface area contributed by atoms with Gasteiger partial charge < -0.3 is 14.6 Å². The summed E-state index contributed by atoms with van der Waals surface area (Å²) in [6, 6.07) is 6.90. The van der Waals surface area contributed by atoms with Crippen molar-refractivity contribution in [2.24, 2.45) is 0 Å². The Balaban J connectivity index is 2.46. The van der Waals surface area contributed by atoms with Crippen molar-refractivity contribution in [3.05, 3.63) is 30.0 Å². The van der Waals surface area contributed by atoms with Gasteiger partial charge in [0.1, 0.15) is 17.1 Å². The number of rotatable bonds is 2. The lowest BCUT2D eigenvalue weighted by Crippen LogP contribution is -2.02. The van der Waals surface area contributed by atoms with Crippen LogP contribution in [0.2, 0.25) is 0 Å². The van der Waals surface area contributed by atoms with Gasteiger partial charge in [0.05, 0.1) is 11.5 Å². The molecule has 0 radical (unpaired) electrons. The van der Waals surface area contributed by atoms with Gasteiger partial charge in [-0.2, -0.15) is 0 Å². The fraction of sp³-hybridized carbons (Fsp3) is 0.273. The molecule has 0 amide bonds. The highest BCUT2D eigenvalue weighted by molar-refractivity contribution is 5.84. The molecule has 2 rings (SSSR count). The van der Waals surface area contributed by atoms with E-state index in [0.29, 0.717) is 23.2 Å². The van der Waals surface area contributed by atoms with E-state index >= 15 is 0 Å². The maximum absolute atomic E-state index is 9.50. The third-order valence-electron chi connectivity index (χ3n) is 2.09. The molecule has 74 valence electrons. The van der Waals surface area contributed by atoms with E-state index in [1.165, 1.54) is 0 Å². The highest BCUT2D eigenvalue weighted by atomic mass is 16.3. The van der Waals surface area contributed by atoms with Gasteiger partial charge in [0.15, 0.2) is 0 Å². The normalized spacial score (nSPS) is 13.3. The Morgan fingerprint density at radius 3 is 2.86 bits per heavy atom. The summed E-state index contributed by atoms with van der Waals surface area (Å²) in [6.07, 6.45) is 0.0337. The minimum Gasteiger partial charge on any atom is -0.507 e. The summed E-state index contributed by atoms with van der Waals surface area (Å²) in [6.45, 7) is 1.70. The highest BCUT2D eigenvalue weighted by Gasteiger charge is 2.08. The first-order valence-electron chi connectivity index (χ1n) is 4.55. The summed E-state index contributed by atoms with van der Waals surface area (Å²) in [5.41, 5.74) is 0.653. The number of aliphatic hydroxyl groups is 1. The van der Waals surface area contributed by atoms with Crippen molar-refractivity contribution >= 4 is 11.0 Å². The number of hydrogen-bond donors (Lipinski definition) is 2. The molecule has 0 aliphatic rings. The van der Waals surface area contributed by atoms with Crippen molar-refractivity contribution in [1.29, 1.82) is 0 Å². The SMILES string of the molecule is CC(O)Cc1cc2c(O)cccc2o1. The van der Waals surface area contributed by atoms with Crippen LogP contribution in [-0.4, -0.2) is 16.3 Å². The molecule has 14 heavy (non-hydrogen) atoms. The molecule has 0 bridgehead atoms. The Morgan fingerprint density at radius 2 is 2.21 bits per heavy atom. The molecule has 0 saturated carbocycles. The van der Waals surface area contributed by atoms with Gasteiger partial charge >= 0.3 is 0 Å². The summed E-state index contributed by atoms with van der Waals surface area (Å²) in [7, 11) is 0. The number of hydrogen-bond acceptors (Lipinski definition) is 3. The summed E-state index contributed by atoms with van der Waals surface area (Å²) in [5, 5.41) is 19.4. The Hall–Kier alpha value is -1.48. The molecule has 1 aromatic heterocycles. The number of phenolic OH excluding ortho intramolecular Hbond substituents is 1. The summed E-state index contributed by atoms with van der Waals surface area (Å²) < 4.78 is 5.44. The molecule has 0 aliphatic carbocycles. The van der Waals surface area contributed by atoms with Gasteiger partial charge in [-0.05, 0) is 25.1 Å². The maximum Gasteiger partial charge on any atom is 0.137 e. The Labute approximate surface area is 81.6 Å². The molecule has 1 atom stereocenters. The molecule has 0 spiro atoms. The molecule has 1 aromatic carbocycles. The second-order valence-corrected chi connectivity index (χ2v) is 3.45. The summed E-state index contributed by atoms with van der Waals surface area (Å²) in [5.74, 6) is 0.902. The zero-order valence-corrected chi connectivity index (χ0v) is 7.90. The van der Waals surface area contributed by atoms with Gasteiger partial charge in [-0.25, -0.2) is 0 Å². The molecule has 0 saturated heterocycles. The third-order valence-corrected chi connectivity index (χ3v) is 2.09. The quantitative estimate of drug-likeness (QED) is 0.765. The number of aliphatic hydroxyl groups excluding tert-OH is 1. The first-order chi connectivity index (χ1) is 6.66. The highest BCUT2D eigenvalue weighted by Crippen LogP contribution is 2.27. The lowest BCUT2D eigenvalue weighted by atomic mass is 10.2. The molecule has 2 N–H and O–H groups in total. The van der Waals surface area contributed by atoms with Crippen LogP contribution in [0.15, 0.2) is 28.7 Å². The molecule has 0 aliphatic heterocycles. The van der Waals surface area contributed by atoms with E-state index in [4.69, 9.17) is 4.42 Å².